The number of hydrogen-bond acceptors (Lipinski definition) is 6. The first kappa shape index (κ1) is 16.4. The predicted molar refractivity (Wildman–Crippen MR) is 98.6 cm³/mol. The summed E-state index contributed by atoms with van der Waals surface area (Å²) in [7, 11) is 0. The second-order valence-electron chi connectivity index (χ2n) is 5.56. The first-order valence-electron chi connectivity index (χ1n) is 7.54. The fourth-order valence-electron chi connectivity index (χ4n) is 2.51. The van der Waals surface area contributed by atoms with Gasteiger partial charge in [0.05, 0.1) is 0 Å². The van der Waals surface area contributed by atoms with Gasteiger partial charge in [0.2, 0.25) is 5.95 Å². The van der Waals surface area contributed by atoms with Crippen LogP contribution in [0, 0.1) is 18.2 Å². The molecular weight excluding hydrogens is 319 g/mol. The lowest BCUT2D eigenvalue weighted by Gasteiger charge is -2.14. The minimum absolute atomic E-state index is 0.155. The summed E-state index contributed by atoms with van der Waals surface area (Å²) in [6.45, 7) is 1.69. The molecule has 0 atom stereocenters. The monoisotopic (exact) mass is 336 g/mol. The Morgan fingerprint density at radius 2 is 1.96 bits per heavy atom. The summed E-state index contributed by atoms with van der Waals surface area (Å²) >= 11 is 0. The van der Waals surface area contributed by atoms with Gasteiger partial charge in [-0.1, -0.05) is 6.07 Å². The van der Waals surface area contributed by atoms with Gasteiger partial charge in [0, 0.05) is 34.9 Å². The van der Waals surface area contributed by atoms with E-state index in [0.717, 1.165) is 5.56 Å². The summed E-state index contributed by atoms with van der Waals surface area (Å²) in [6.07, 6.45) is 2.72. The summed E-state index contributed by atoms with van der Waals surface area (Å²) in [5, 5.41) is 10.7. The van der Waals surface area contributed by atoms with Crippen molar-refractivity contribution < 1.29 is 4.39 Å². The second kappa shape index (κ2) is 6.56. The molecule has 3 aromatic rings. The number of nitrogens with zero attached hydrogens (tertiary/aromatic N) is 2. The maximum absolute atomic E-state index is 13.6. The summed E-state index contributed by atoms with van der Waals surface area (Å²) in [5.41, 5.74) is 15.4. The van der Waals surface area contributed by atoms with Gasteiger partial charge in [-0.3, -0.25) is 0 Å². The average molecular weight is 336 g/mol. The third kappa shape index (κ3) is 3.40. The minimum Gasteiger partial charge on any atom is -0.398 e. The third-order valence-corrected chi connectivity index (χ3v) is 3.78. The van der Waals surface area contributed by atoms with Crippen molar-refractivity contribution in [2.75, 3.05) is 16.8 Å². The number of nitrogens with one attached hydrogen (secondary N) is 2. The largest absolute Gasteiger partial charge is 0.398 e. The number of nitrogen functional groups attached to an aromatic ring is 2. The maximum atomic E-state index is 13.6. The number of hydrogen-bond donors (Lipinski definition) is 4. The molecule has 0 saturated heterocycles. The Kier molecular flexibility index (Phi) is 4.30. The molecule has 0 fully saturated rings. The number of anilines is 4. The highest BCUT2D eigenvalue weighted by Crippen LogP contribution is 2.33. The summed E-state index contributed by atoms with van der Waals surface area (Å²) < 4.78 is 13.6. The number of aromatic nitrogens is 2. The molecule has 0 bridgehead atoms. The Balaban J connectivity index is 2.09. The van der Waals surface area contributed by atoms with Gasteiger partial charge in [-0.2, -0.15) is 4.98 Å². The minimum atomic E-state index is -0.277. The SMILES string of the molecule is Cc1cc(-c2cc(Nc3ccnc(N)n3)cc(C=N)c2N)ccc1F. The van der Waals surface area contributed by atoms with Gasteiger partial charge in [-0.05, 0) is 48.4 Å². The number of aryl methyl sites for hydroxylation is 1. The second-order valence-corrected chi connectivity index (χ2v) is 5.56. The summed E-state index contributed by atoms with van der Waals surface area (Å²) in [4.78, 5) is 7.94. The first-order chi connectivity index (χ1) is 12.0. The molecule has 6 N–H and O–H groups in total. The molecule has 2 aromatic carbocycles. The van der Waals surface area contributed by atoms with Crippen molar-refractivity contribution in [3.63, 3.8) is 0 Å². The van der Waals surface area contributed by atoms with Crippen molar-refractivity contribution in [1.29, 1.82) is 5.41 Å². The molecule has 0 saturated carbocycles. The van der Waals surface area contributed by atoms with E-state index in [1.165, 1.54) is 12.3 Å². The van der Waals surface area contributed by atoms with E-state index in [0.29, 0.717) is 33.9 Å². The van der Waals surface area contributed by atoms with Crippen LogP contribution in [0.4, 0.5) is 27.5 Å². The van der Waals surface area contributed by atoms with Crippen LogP contribution in [0.25, 0.3) is 11.1 Å². The van der Waals surface area contributed by atoms with Crippen LogP contribution in [-0.2, 0) is 0 Å². The van der Waals surface area contributed by atoms with E-state index in [9.17, 15) is 4.39 Å². The molecule has 0 spiro atoms. The van der Waals surface area contributed by atoms with Crippen molar-refractivity contribution in [2.45, 2.75) is 6.92 Å². The van der Waals surface area contributed by atoms with Crippen LogP contribution < -0.4 is 16.8 Å². The average Bonchev–Trinajstić information content (AvgIpc) is 2.59. The molecule has 0 aliphatic rings. The van der Waals surface area contributed by atoms with Crippen LogP contribution in [0.5, 0.6) is 0 Å². The van der Waals surface area contributed by atoms with Gasteiger partial charge in [-0.15, -0.1) is 0 Å². The van der Waals surface area contributed by atoms with Crippen molar-refractivity contribution in [1.82, 2.24) is 9.97 Å². The van der Waals surface area contributed by atoms with E-state index < -0.39 is 0 Å². The lowest BCUT2D eigenvalue weighted by Crippen LogP contribution is -2.02. The molecule has 25 heavy (non-hydrogen) atoms. The summed E-state index contributed by atoms with van der Waals surface area (Å²) in [5.74, 6) is 0.400. The van der Waals surface area contributed by atoms with Gasteiger partial charge in [0.1, 0.15) is 11.6 Å². The van der Waals surface area contributed by atoms with Crippen LogP contribution in [0.3, 0.4) is 0 Å². The highest BCUT2D eigenvalue weighted by Gasteiger charge is 2.11. The molecule has 126 valence electrons. The zero-order valence-electron chi connectivity index (χ0n) is 13.5. The zero-order valence-corrected chi connectivity index (χ0v) is 13.5. The van der Waals surface area contributed by atoms with E-state index in [-0.39, 0.29) is 11.8 Å². The number of nitrogens with two attached hydrogens (primary N) is 2. The van der Waals surface area contributed by atoms with Gasteiger partial charge in [0.25, 0.3) is 0 Å². The Labute approximate surface area is 144 Å². The van der Waals surface area contributed by atoms with Crippen molar-refractivity contribution in [3.8, 4) is 11.1 Å². The van der Waals surface area contributed by atoms with Gasteiger partial charge >= 0.3 is 0 Å². The van der Waals surface area contributed by atoms with Crippen LogP contribution in [0.2, 0.25) is 0 Å². The Morgan fingerprint density at radius 1 is 1.16 bits per heavy atom. The van der Waals surface area contributed by atoms with E-state index >= 15 is 0 Å². The van der Waals surface area contributed by atoms with Gasteiger partial charge in [0.15, 0.2) is 0 Å². The maximum Gasteiger partial charge on any atom is 0.221 e. The molecular formula is C18H17FN6. The predicted octanol–water partition coefficient (Wildman–Crippen LogP) is 3.50. The van der Waals surface area contributed by atoms with Crippen LogP contribution in [-0.4, -0.2) is 16.2 Å². The Bertz CT molecular complexity index is 954. The molecule has 0 amide bonds. The third-order valence-electron chi connectivity index (χ3n) is 3.78. The van der Waals surface area contributed by atoms with Crippen LogP contribution in [0.15, 0.2) is 42.6 Å². The number of benzene rings is 2. The lowest BCUT2D eigenvalue weighted by molar-refractivity contribution is 0.619. The number of halogens is 1. The molecule has 1 heterocycles. The molecule has 7 heteroatoms. The van der Waals surface area contributed by atoms with Crippen LogP contribution >= 0.6 is 0 Å². The fourth-order valence-corrected chi connectivity index (χ4v) is 2.51. The molecule has 6 nitrogen and oxygen atoms in total. The fraction of sp³-hybridized carbons (Fsp3) is 0.0556. The normalized spacial score (nSPS) is 10.5. The van der Waals surface area contributed by atoms with Gasteiger partial charge in [-0.25, -0.2) is 9.37 Å². The lowest BCUT2D eigenvalue weighted by atomic mass is 9.98. The highest BCUT2D eigenvalue weighted by molar-refractivity contribution is 5.95. The molecule has 1 aromatic heterocycles. The number of rotatable bonds is 4. The van der Waals surface area contributed by atoms with E-state index in [4.69, 9.17) is 16.9 Å². The van der Waals surface area contributed by atoms with Crippen molar-refractivity contribution >= 4 is 29.4 Å². The molecule has 3 rings (SSSR count). The van der Waals surface area contributed by atoms with E-state index in [1.54, 1.807) is 37.4 Å². The quantitative estimate of drug-likeness (QED) is 0.430. The van der Waals surface area contributed by atoms with Crippen LogP contribution in [0.1, 0.15) is 11.1 Å². The smallest absolute Gasteiger partial charge is 0.221 e. The van der Waals surface area contributed by atoms with E-state index in [1.807, 2.05) is 6.07 Å². The van der Waals surface area contributed by atoms with E-state index in [2.05, 4.69) is 15.3 Å². The summed E-state index contributed by atoms with van der Waals surface area (Å²) in [6, 6.07) is 10.0. The van der Waals surface area contributed by atoms with Crippen molar-refractivity contribution in [2.24, 2.45) is 0 Å². The molecule has 0 aliphatic heterocycles. The molecule has 0 unspecified atom stereocenters. The first-order valence-corrected chi connectivity index (χ1v) is 7.54. The zero-order chi connectivity index (χ0) is 18.0. The molecule has 0 radical (unpaired) electrons. The Morgan fingerprint density at radius 3 is 2.64 bits per heavy atom. The topological polar surface area (TPSA) is 114 Å². The highest BCUT2D eigenvalue weighted by atomic mass is 19.1. The standard InChI is InChI=1S/C18H17FN6/c1-10-6-11(2-3-15(10)19)14-8-13(7-12(9-20)17(14)21)24-16-4-5-23-18(22)25-16/h2-9,20H,21H2,1H3,(H3,22,23,24,25). The molecule has 0 aliphatic carbocycles. The van der Waals surface area contributed by atoms with Gasteiger partial charge < -0.3 is 22.2 Å². The Hall–Kier alpha value is -3.48. The van der Waals surface area contributed by atoms with Crippen molar-refractivity contribution in [3.05, 3.63) is 59.5 Å².